The number of hydrogen-bond acceptors (Lipinski definition) is 4. The molecule has 0 radical (unpaired) electrons. The minimum absolute atomic E-state index is 0.0669. The molecule has 0 aliphatic rings. The van der Waals surface area contributed by atoms with Gasteiger partial charge in [-0.1, -0.05) is 19.0 Å². The number of nitrogens with two attached hydrogens (primary N) is 1. The predicted molar refractivity (Wildman–Crippen MR) is 65.8 cm³/mol. The zero-order valence-electron chi connectivity index (χ0n) is 11.2. The standard InChI is InChI=1S/C12H21N3O2/c1-8-10(9(2)17-14-8)11(16)15(5)7-12(3,4)6-13/h6-7,13H2,1-5H3. The molecule has 0 unspecified atom stereocenters. The van der Waals surface area contributed by atoms with Crippen LogP contribution in [0.5, 0.6) is 0 Å². The van der Waals surface area contributed by atoms with Crippen molar-refractivity contribution in [1.29, 1.82) is 0 Å². The van der Waals surface area contributed by atoms with Crippen molar-refractivity contribution in [3.05, 3.63) is 17.0 Å². The molecular formula is C12H21N3O2. The lowest BCUT2D eigenvalue weighted by atomic mass is 9.93. The largest absolute Gasteiger partial charge is 0.361 e. The van der Waals surface area contributed by atoms with Gasteiger partial charge in [0, 0.05) is 13.6 Å². The second-order valence-electron chi connectivity index (χ2n) is 5.23. The molecule has 17 heavy (non-hydrogen) atoms. The first-order valence-electron chi connectivity index (χ1n) is 5.67. The van der Waals surface area contributed by atoms with Crippen LogP contribution in [0.4, 0.5) is 0 Å². The lowest BCUT2D eigenvalue weighted by Crippen LogP contribution is -2.40. The van der Waals surface area contributed by atoms with Gasteiger partial charge in [0.05, 0.1) is 5.69 Å². The first kappa shape index (κ1) is 13.7. The van der Waals surface area contributed by atoms with Crippen molar-refractivity contribution < 1.29 is 9.32 Å². The summed E-state index contributed by atoms with van der Waals surface area (Å²) in [7, 11) is 1.77. The fourth-order valence-electron chi connectivity index (χ4n) is 1.76. The summed E-state index contributed by atoms with van der Waals surface area (Å²) in [6.45, 7) is 8.72. The Labute approximate surface area is 102 Å². The van der Waals surface area contributed by atoms with E-state index in [1.807, 2.05) is 13.8 Å². The van der Waals surface area contributed by atoms with E-state index in [0.717, 1.165) is 0 Å². The van der Waals surface area contributed by atoms with E-state index in [1.54, 1.807) is 25.8 Å². The molecule has 1 rings (SSSR count). The Morgan fingerprint density at radius 1 is 1.47 bits per heavy atom. The van der Waals surface area contributed by atoms with Crippen LogP contribution < -0.4 is 5.73 Å². The summed E-state index contributed by atoms with van der Waals surface area (Å²) in [4.78, 5) is 13.9. The van der Waals surface area contributed by atoms with Gasteiger partial charge in [0.25, 0.3) is 5.91 Å². The molecule has 0 saturated carbocycles. The number of hydrogen-bond donors (Lipinski definition) is 1. The Bertz CT molecular complexity index is 390. The third-order valence-electron chi connectivity index (χ3n) is 2.81. The Balaban J connectivity index is 2.84. The number of carbonyl (C=O) groups is 1. The van der Waals surface area contributed by atoms with Crippen LogP contribution in [0.1, 0.15) is 35.7 Å². The molecule has 1 amide bonds. The monoisotopic (exact) mass is 239 g/mol. The number of aryl methyl sites for hydroxylation is 2. The normalized spacial score (nSPS) is 11.6. The van der Waals surface area contributed by atoms with Crippen molar-refractivity contribution in [3.8, 4) is 0 Å². The maximum atomic E-state index is 12.2. The summed E-state index contributed by atoms with van der Waals surface area (Å²) in [5, 5.41) is 3.79. The molecule has 1 heterocycles. The summed E-state index contributed by atoms with van der Waals surface area (Å²) in [5.74, 6) is 0.493. The van der Waals surface area contributed by atoms with Crippen molar-refractivity contribution in [2.24, 2.45) is 11.1 Å². The highest BCUT2D eigenvalue weighted by Crippen LogP contribution is 2.18. The molecule has 0 aliphatic heterocycles. The number of amides is 1. The zero-order valence-corrected chi connectivity index (χ0v) is 11.2. The van der Waals surface area contributed by atoms with Crippen LogP contribution in [0, 0.1) is 19.3 Å². The Morgan fingerprint density at radius 3 is 2.47 bits per heavy atom. The van der Waals surface area contributed by atoms with Gasteiger partial charge >= 0.3 is 0 Å². The maximum Gasteiger partial charge on any atom is 0.259 e. The van der Waals surface area contributed by atoms with Crippen LogP contribution in [0.25, 0.3) is 0 Å². The van der Waals surface area contributed by atoms with Gasteiger partial charge in [0.15, 0.2) is 0 Å². The van der Waals surface area contributed by atoms with Gasteiger partial charge in [-0.25, -0.2) is 0 Å². The van der Waals surface area contributed by atoms with Crippen LogP contribution in [-0.4, -0.2) is 36.1 Å². The third kappa shape index (κ3) is 3.06. The smallest absolute Gasteiger partial charge is 0.259 e. The van der Waals surface area contributed by atoms with Gasteiger partial charge in [-0.15, -0.1) is 0 Å². The highest BCUT2D eigenvalue weighted by molar-refractivity contribution is 5.95. The van der Waals surface area contributed by atoms with Crippen LogP contribution in [0.15, 0.2) is 4.52 Å². The number of aromatic nitrogens is 1. The molecule has 0 fully saturated rings. The van der Waals surface area contributed by atoms with Crippen molar-refractivity contribution in [2.45, 2.75) is 27.7 Å². The van der Waals surface area contributed by atoms with Gasteiger partial charge in [0.2, 0.25) is 0 Å². The molecule has 0 bridgehead atoms. The van der Waals surface area contributed by atoms with Gasteiger partial charge in [-0.2, -0.15) is 0 Å². The molecular weight excluding hydrogens is 218 g/mol. The minimum Gasteiger partial charge on any atom is -0.361 e. The van der Waals surface area contributed by atoms with Crippen molar-refractivity contribution in [2.75, 3.05) is 20.1 Å². The Kier molecular flexibility index (Phi) is 3.93. The van der Waals surface area contributed by atoms with E-state index in [2.05, 4.69) is 5.16 Å². The second-order valence-corrected chi connectivity index (χ2v) is 5.23. The summed E-state index contributed by atoms with van der Waals surface area (Å²) in [6, 6.07) is 0. The average molecular weight is 239 g/mol. The maximum absolute atomic E-state index is 12.2. The van der Waals surface area contributed by atoms with E-state index >= 15 is 0 Å². The fraction of sp³-hybridized carbons (Fsp3) is 0.667. The summed E-state index contributed by atoms with van der Waals surface area (Å²) in [5.41, 5.74) is 6.76. The van der Waals surface area contributed by atoms with E-state index in [4.69, 9.17) is 10.3 Å². The molecule has 2 N–H and O–H groups in total. The molecule has 0 aliphatic carbocycles. The van der Waals surface area contributed by atoms with Gasteiger partial charge < -0.3 is 15.2 Å². The van der Waals surface area contributed by atoms with E-state index in [9.17, 15) is 4.79 Å². The highest BCUT2D eigenvalue weighted by atomic mass is 16.5. The van der Waals surface area contributed by atoms with E-state index < -0.39 is 0 Å². The average Bonchev–Trinajstić information content (AvgIpc) is 2.57. The lowest BCUT2D eigenvalue weighted by molar-refractivity contribution is 0.0738. The van der Waals surface area contributed by atoms with Crippen molar-refractivity contribution in [1.82, 2.24) is 10.1 Å². The van der Waals surface area contributed by atoms with Gasteiger partial charge in [-0.05, 0) is 25.8 Å². The van der Waals surface area contributed by atoms with Crippen molar-refractivity contribution in [3.63, 3.8) is 0 Å². The van der Waals surface area contributed by atoms with Crippen LogP contribution in [0.3, 0.4) is 0 Å². The van der Waals surface area contributed by atoms with Crippen LogP contribution >= 0.6 is 0 Å². The molecule has 5 heteroatoms. The number of nitrogens with zero attached hydrogens (tertiary/aromatic N) is 2. The molecule has 1 aromatic heterocycles. The second kappa shape index (κ2) is 4.87. The first-order chi connectivity index (χ1) is 7.78. The Morgan fingerprint density at radius 2 is 2.06 bits per heavy atom. The third-order valence-corrected chi connectivity index (χ3v) is 2.81. The van der Waals surface area contributed by atoms with E-state index in [1.165, 1.54) is 0 Å². The highest BCUT2D eigenvalue weighted by Gasteiger charge is 2.25. The van der Waals surface area contributed by atoms with Crippen molar-refractivity contribution >= 4 is 5.91 Å². The molecule has 0 spiro atoms. The minimum atomic E-state index is -0.0939. The molecule has 0 aromatic carbocycles. The summed E-state index contributed by atoms with van der Waals surface area (Å²) < 4.78 is 5.00. The first-order valence-corrected chi connectivity index (χ1v) is 5.67. The summed E-state index contributed by atoms with van der Waals surface area (Å²) in [6.07, 6.45) is 0. The summed E-state index contributed by atoms with van der Waals surface area (Å²) >= 11 is 0. The quantitative estimate of drug-likeness (QED) is 0.860. The molecule has 5 nitrogen and oxygen atoms in total. The van der Waals surface area contributed by atoms with Gasteiger partial charge in [0.1, 0.15) is 11.3 Å². The topological polar surface area (TPSA) is 72.4 Å². The van der Waals surface area contributed by atoms with E-state index in [0.29, 0.717) is 30.1 Å². The lowest BCUT2D eigenvalue weighted by Gasteiger charge is -2.28. The molecule has 0 atom stereocenters. The molecule has 1 aromatic rings. The van der Waals surface area contributed by atoms with Crippen LogP contribution in [-0.2, 0) is 0 Å². The number of carbonyl (C=O) groups excluding carboxylic acids is 1. The molecule has 0 saturated heterocycles. The van der Waals surface area contributed by atoms with E-state index in [-0.39, 0.29) is 11.3 Å². The van der Waals surface area contributed by atoms with Crippen LogP contribution in [0.2, 0.25) is 0 Å². The SMILES string of the molecule is Cc1noc(C)c1C(=O)N(C)CC(C)(C)CN. The predicted octanol–water partition coefficient (Wildman–Crippen LogP) is 1.35. The Hall–Kier alpha value is -1.36. The molecule has 96 valence electrons. The van der Waals surface area contributed by atoms with Gasteiger partial charge in [-0.3, -0.25) is 4.79 Å². The number of rotatable bonds is 4. The zero-order chi connectivity index (χ0) is 13.2. The fourth-order valence-corrected chi connectivity index (χ4v) is 1.76.